The van der Waals surface area contributed by atoms with Gasteiger partial charge in [-0.05, 0) is 37.5 Å². The highest BCUT2D eigenvalue weighted by Crippen LogP contribution is 2.18. The number of rotatable bonds is 5. The molecule has 126 valence electrons. The lowest BCUT2D eigenvalue weighted by Crippen LogP contribution is -2.45. The number of benzene rings is 1. The van der Waals surface area contributed by atoms with Crippen molar-refractivity contribution in [3.8, 4) is 0 Å². The second-order valence-corrected chi connectivity index (χ2v) is 6.46. The number of likely N-dealkylation sites (tertiary alicyclic amines) is 1. The SMILES string of the molecule is CC1CN(C(C)C)CC1NC(=O)NCc1ccc(C(=O)O)cc1. The van der Waals surface area contributed by atoms with E-state index in [0.717, 1.165) is 18.7 Å². The molecule has 3 N–H and O–H groups in total. The summed E-state index contributed by atoms with van der Waals surface area (Å²) in [6.45, 7) is 8.73. The zero-order valence-corrected chi connectivity index (χ0v) is 13.9. The lowest BCUT2D eigenvalue weighted by molar-refractivity contribution is 0.0697. The molecule has 0 radical (unpaired) electrons. The molecule has 0 aromatic heterocycles. The van der Waals surface area contributed by atoms with Gasteiger partial charge in [0.05, 0.1) is 5.56 Å². The monoisotopic (exact) mass is 319 g/mol. The summed E-state index contributed by atoms with van der Waals surface area (Å²) in [7, 11) is 0. The number of hydrogen-bond acceptors (Lipinski definition) is 3. The van der Waals surface area contributed by atoms with Gasteiger partial charge in [0.15, 0.2) is 0 Å². The van der Waals surface area contributed by atoms with Gasteiger partial charge in [-0.3, -0.25) is 4.90 Å². The third-order valence-corrected chi connectivity index (χ3v) is 4.34. The van der Waals surface area contributed by atoms with Crippen molar-refractivity contribution in [3.63, 3.8) is 0 Å². The molecule has 23 heavy (non-hydrogen) atoms. The highest BCUT2D eigenvalue weighted by Gasteiger charge is 2.31. The van der Waals surface area contributed by atoms with Crippen LogP contribution in [0.1, 0.15) is 36.7 Å². The molecular formula is C17H25N3O3. The van der Waals surface area contributed by atoms with Crippen LogP contribution in [0.2, 0.25) is 0 Å². The van der Waals surface area contributed by atoms with Crippen LogP contribution < -0.4 is 10.6 Å². The van der Waals surface area contributed by atoms with Crippen molar-refractivity contribution >= 4 is 12.0 Å². The van der Waals surface area contributed by atoms with Gasteiger partial charge in [0.2, 0.25) is 0 Å². The lowest BCUT2D eigenvalue weighted by Gasteiger charge is -2.20. The molecule has 0 spiro atoms. The Hall–Kier alpha value is -2.08. The number of aromatic carboxylic acids is 1. The van der Waals surface area contributed by atoms with Crippen molar-refractivity contribution in [2.75, 3.05) is 13.1 Å². The summed E-state index contributed by atoms with van der Waals surface area (Å²) in [5.41, 5.74) is 1.11. The normalized spacial score (nSPS) is 21.4. The van der Waals surface area contributed by atoms with Gasteiger partial charge in [-0.1, -0.05) is 19.1 Å². The first-order chi connectivity index (χ1) is 10.9. The first kappa shape index (κ1) is 17.3. The van der Waals surface area contributed by atoms with Crippen LogP contribution in [0.5, 0.6) is 0 Å². The Kier molecular flexibility index (Phi) is 5.60. The van der Waals surface area contributed by atoms with Crippen molar-refractivity contribution in [1.82, 2.24) is 15.5 Å². The summed E-state index contributed by atoms with van der Waals surface area (Å²) in [4.78, 5) is 25.2. The third kappa shape index (κ3) is 4.69. The Morgan fingerprint density at radius 1 is 1.26 bits per heavy atom. The third-order valence-electron chi connectivity index (χ3n) is 4.34. The summed E-state index contributed by atoms with van der Waals surface area (Å²) in [5, 5.41) is 14.7. The van der Waals surface area contributed by atoms with Crippen molar-refractivity contribution in [2.24, 2.45) is 5.92 Å². The van der Waals surface area contributed by atoms with Gasteiger partial charge in [0.25, 0.3) is 0 Å². The fraction of sp³-hybridized carbons (Fsp3) is 0.529. The van der Waals surface area contributed by atoms with Crippen LogP contribution in [-0.2, 0) is 6.54 Å². The molecule has 1 fully saturated rings. The van der Waals surface area contributed by atoms with Crippen LogP contribution in [0.15, 0.2) is 24.3 Å². The summed E-state index contributed by atoms with van der Waals surface area (Å²) in [5.74, 6) is -0.523. The van der Waals surface area contributed by atoms with E-state index in [0.29, 0.717) is 18.5 Å². The largest absolute Gasteiger partial charge is 0.478 e. The number of carboxylic acid groups (broad SMARTS) is 1. The molecule has 0 aliphatic carbocycles. The average molecular weight is 319 g/mol. The Labute approximate surface area is 136 Å². The Bertz CT molecular complexity index is 557. The summed E-state index contributed by atoms with van der Waals surface area (Å²) in [6, 6.07) is 6.96. The predicted octanol–water partition coefficient (Wildman–Crippen LogP) is 1.91. The van der Waals surface area contributed by atoms with Crippen LogP contribution in [-0.4, -0.2) is 47.2 Å². The maximum Gasteiger partial charge on any atom is 0.335 e. The molecular weight excluding hydrogens is 294 g/mol. The molecule has 1 aromatic rings. The number of carboxylic acids is 1. The van der Waals surface area contributed by atoms with Gasteiger partial charge < -0.3 is 15.7 Å². The fourth-order valence-electron chi connectivity index (χ4n) is 2.78. The van der Waals surface area contributed by atoms with Crippen molar-refractivity contribution in [1.29, 1.82) is 0 Å². The lowest BCUT2D eigenvalue weighted by atomic mass is 10.1. The zero-order chi connectivity index (χ0) is 17.0. The van der Waals surface area contributed by atoms with E-state index < -0.39 is 5.97 Å². The molecule has 1 heterocycles. The zero-order valence-electron chi connectivity index (χ0n) is 13.9. The Balaban J connectivity index is 1.80. The first-order valence-corrected chi connectivity index (χ1v) is 7.97. The number of nitrogens with one attached hydrogen (secondary N) is 2. The molecule has 2 atom stereocenters. The predicted molar refractivity (Wildman–Crippen MR) is 88.4 cm³/mol. The van der Waals surface area contributed by atoms with E-state index in [2.05, 4.69) is 36.3 Å². The van der Waals surface area contributed by atoms with E-state index in [1.165, 1.54) is 12.1 Å². The number of carbonyl (C=O) groups excluding carboxylic acids is 1. The minimum absolute atomic E-state index is 0.159. The highest BCUT2D eigenvalue weighted by molar-refractivity contribution is 5.87. The maximum atomic E-state index is 12.0. The van der Waals surface area contributed by atoms with Gasteiger partial charge in [-0.2, -0.15) is 0 Å². The maximum absolute atomic E-state index is 12.0. The second-order valence-electron chi connectivity index (χ2n) is 6.46. The molecule has 1 saturated heterocycles. The highest BCUT2D eigenvalue weighted by atomic mass is 16.4. The van der Waals surface area contributed by atoms with Crippen LogP contribution >= 0.6 is 0 Å². The van der Waals surface area contributed by atoms with Gasteiger partial charge in [-0.15, -0.1) is 0 Å². The molecule has 2 rings (SSSR count). The summed E-state index contributed by atoms with van der Waals surface area (Å²) >= 11 is 0. The summed E-state index contributed by atoms with van der Waals surface area (Å²) in [6.07, 6.45) is 0. The van der Waals surface area contributed by atoms with Crippen LogP contribution in [0.3, 0.4) is 0 Å². The quantitative estimate of drug-likeness (QED) is 0.774. The number of amides is 2. The van der Waals surface area contributed by atoms with Crippen molar-refractivity contribution < 1.29 is 14.7 Å². The molecule has 1 aromatic carbocycles. The van der Waals surface area contributed by atoms with Gasteiger partial charge in [-0.25, -0.2) is 9.59 Å². The van der Waals surface area contributed by atoms with Crippen LogP contribution in [0.25, 0.3) is 0 Å². The van der Waals surface area contributed by atoms with Crippen LogP contribution in [0, 0.1) is 5.92 Å². The molecule has 1 aliphatic heterocycles. The van der Waals surface area contributed by atoms with Crippen LogP contribution in [0.4, 0.5) is 4.79 Å². The van der Waals surface area contributed by atoms with Gasteiger partial charge in [0, 0.05) is 31.7 Å². The fourth-order valence-corrected chi connectivity index (χ4v) is 2.78. The van der Waals surface area contributed by atoms with E-state index in [9.17, 15) is 9.59 Å². The smallest absolute Gasteiger partial charge is 0.335 e. The van der Waals surface area contributed by atoms with E-state index >= 15 is 0 Å². The molecule has 6 heteroatoms. The molecule has 1 aliphatic rings. The molecule has 2 amide bonds. The Morgan fingerprint density at radius 3 is 2.43 bits per heavy atom. The molecule has 2 unspecified atom stereocenters. The second kappa shape index (κ2) is 7.46. The Morgan fingerprint density at radius 2 is 1.91 bits per heavy atom. The minimum Gasteiger partial charge on any atom is -0.478 e. The topological polar surface area (TPSA) is 81.7 Å². The number of urea groups is 1. The van der Waals surface area contributed by atoms with E-state index in [-0.39, 0.29) is 17.6 Å². The number of hydrogen-bond donors (Lipinski definition) is 3. The average Bonchev–Trinajstić information content (AvgIpc) is 2.87. The molecule has 6 nitrogen and oxygen atoms in total. The van der Waals surface area contributed by atoms with E-state index in [1.54, 1.807) is 12.1 Å². The van der Waals surface area contributed by atoms with Gasteiger partial charge >= 0.3 is 12.0 Å². The van der Waals surface area contributed by atoms with E-state index in [4.69, 9.17) is 5.11 Å². The van der Waals surface area contributed by atoms with Crippen molar-refractivity contribution in [3.05, 3.63) is 35.4 Å². The minimum atomic E-state index is -0.952. The number of nitrogens with zero attached hydrogens (tertiary/aromatic N) is 1. The van der Waals surface area contributed by atoms with Gasteiger partial charge in [0.1, 0.15) is 0 Å². The standard InChI is InChI=1S/C17H25N3O3/c1-11(2)20-9-12(3)15(10-20)19-17(23)18-8-13-4-6-14(7-5-13)16(21)22/h4-7,11-12,15H,8-10H2,1-3H3,(H,21,22)(H2,18,19,23). The van der Waals surface area contributed by atoms with Crippen molar-refractivity contribution in [2.45, 2.75) is 39.4 Å². The summed E-state index contributed by atoms with van der Waals surface area (Å²) < 4.78 is 0. The molecule has 0 bridgehead atoms. The molecule has 0 saturated carbocycles. The first-order valence-electron chi connectivity index (χ1n) is 7.97. The number of carbonyl (C=O) groups is 2. The van der Waals surface area contributed by atoms with E-state index in [1.807, 2.05) is 0 Å².